The van der Waals surface area contributed by atoms with E-state index in [2.05, 4.69) is 15.0 Å². The lowest BCUT2D eigenvalue weighted by molar-refractivity contribution is 0.128. The van der Waals surface area contributed by atoms with Crippen LogP contribution < -0.4 is 34.1 Å². The Morgan fingerprint density at radius 3 is 2.04 bits per heavy atom. The molecule has 1 heterocycles. The van der Waals surface area contributed by atoms with E-state index in [1.54, 1.807) is 0 Å². The molecule has 23 heavy (non-hydrogen) atoms. The van der Waals surface area contributed by atoms with Gasteiger partial charge in [0.05, 0.1) is 0 Å². The number of carbonyl (C=O) groups excluding carboxylic acids is 2. The molecule has 0 aliphatic heterocycles. The maximum absolute atomic E-state index is 10.9. The number of ether oxygens (including phenoxy) is 2. The van der Waals surface area contributed by atoms with Gasteiger partial charge in [0.25, 0.3) is 0 Å². The summed E-state index contributed by atoms with van der Waals surface area (Å²) in [5, 5.41) is 1.86. The lowest BCUT2D eigenvalue weighted by Crippen LogP contribution is -2.18. The number of hydrogen-bond acceptors (Lipinski definition) is 9. The van der Waals surface area contributed by atoms with Crippen molar-refractivity contribution in [1.82, 2.24) is 17.4 Å². The van der Waals surface area contributed by atoms with Crippen molar-refractivity contribution in [3.63, 3.8) is 0 Å². The lowest BCUT2D eigenvalue weighted by Gasteiger charge is -1.99. The third-order valence-corrected chi connectivity index (χ3v) is 2.02. The number of amides is 2. The number of rotatable bonds is 5. The predicted molar refractivity (Wildman–Crippen MR) is 80.0 cm³/mol. The molecule has 1 atom stereocenters. The number of hydrogen-bond donors (Lipinski definition) is 6. The summed E-state index contributed by atoms with van der Waals surface area (Å²) < 4.78 is 33.4. The predicted octanol–water partition coefficient (Wildman–Crippen LogP) is 1.19. The van der Waals surface area contributed by atoms with Crippen LogP contribution in [0, 0.1) is 0 Å². The quantitative estimate of drug-likeness (QED) is 0.399. The molecule has 13 N–H and O–H groups in total. The molecule has 132 valence electrons. The molecule has 0 radical (unpaired) electrons. The second-order valence-electron chi connectivity index (χ2n) is 3.09. The van der Waals surface area contributed by atoms with Gasteiger partial charge in [0.15, 0.2) is 13.2 Å². The van der Waals surface area contributed by atoms with E-state index in [-0.39, 0.29) is 34.1 Å². The first-order valence-corrected chi connectivity index (χ1v) is 7.27. The lowest BCUT2D eigenvalue weighted by atomic mass is 10.4. The summed E-state index contributed by atoms with van der Waals surface area (Å²) in [6.07, 6.45) is -1.85. The van der Waals surface area contributed by atoms with Crippen molar-refractivity contribution in [1.29, 1.82) is 0 Å². The molecular weight excluding hydrogens is 354 g/mol. The Labute approximate surface area is 133 Å². The Morgan fingerprint density at radius 1 is 1.22 bits per heavy atom. The highest BCUT2D eigenvalue weighted by atomic mass is 31.1. The van der Waals surface area contributed by atoms with Gasteiger partial charge in [-0.1, -0.05) is 10.6 Å². The average molecular weight is 373 g/mol. The summed E-state index contributed by atoms with van der Waals surface area (Å²) in [6, 6.07) is 3.05. The highest BCUT2D eigenvalue weighted by Crippen LogP contribution is 2.11. The van der Waals surface area contributed by atoms with Gasteiger partial charge in [-0.25, -0.2) is 9.59 Å². The van der Waals surface area contributed by atoms with Crippen molar-refractivity contribution in [2.75, 3.05) is 0 Å². The third kappa shape index (κ3) is 14.6. The van der Waals surface area contributed by atoms with Crippen LogP contribution in [-0.2, 0) is 31.8 Å². The van der Waals surface area contributed by atoms with Crippen LogP contribution in [0.15, 0.2) is 16.5 Å². The highest BCUT2D eigenvalue weighted by molar-refractivity contribution is 7.40. The number of primary amides is 1. The molecule has 0 fully saturated rings. The van der Waals surface area contributed by atoms with Gasteiger partial charge in [-0.3, -0.25) is 10.1 Å². The first-order valence-electron chi connectivity index (χ1n) is 5.06. The van der Waals surface area contributed by atoms with Gasteiger partial charge < -0.3 is 31.9 Å². The first-order chi connectivity index (χ1) is 9.88. The van der Waals surface area contributed by atoms with Crippen LogP contribution in [0.1, 0.15) is 11.5 Å². The first kappa shape index (κ1) is 25.8. The maximum atomic E-state index is 10.9. The van der Waals surface area contributed by atoms with Gasteiger partial charge in [0.2, 0.25) is 8.61 Å². The molecule has 1 aromatic rings. The van der Waals surface area contributed by atoms with Gasteiger partial charge in [-0.2, -0.15) is 0 Å². The number of nitrogens with two attached hydrogens (primary N) is 3. The molecule has 2 amide bonds. The van der Waals surface area contributed by atoms with Crippen molar-refractivity contribution in [2.45, 2.75) is 13.2 Å². The fourth-order valence-electron chi connectivity index (χ4n) is 0.979. The fraction of sp³-hybridized carbons (Fsp3) is 0.250. The number of carbonyl (C=O) groups is 2. The molecule has 1 unspecified atom stereocenters. The zero-order chi connectivity index (χ0) is 16.3. The molecule has 0 spiro atoms. The topological polar surface area (TPSA) is 260 Å². The zero-order valence-electron chi connectivity index (χ0n) is 12.0. The molecule has 13 nitrogen and oxygen atoms in total. The van der Waals surface area contributed by atoms with Crippen LogP contribution in [0.25, 0.3) is 0 Å². The van der Waals surface area contributed by atoms with Crippen LogP contribution in [0.2, 0.25) is 0 Å². The highest BCUT2D eigenvalue weighted by Gasteiger charge is 2.15. The summed E-state index contributed by atoms with van der Waals surface area (Å²) in [5.74, 6) is 0.665. The Balaban J connectivity index is -0.000000740. The molecule has 0 aliphatic carbocycles. The van der Waals surface area contributed by atoms with Gasteiger partial charge in [0.1, 0.15) is 11.5 Å². The van der Waals surface area contributed by atoms with Crippen molar-refractivity contribution in [2.24, 2.45) is 16.7 Å². The fourth-order valence-corrected chi connectivity index (χ4v) is 1.22. The maximum Gasteiger partial charge on any atom is 0.564 e. The minimum atomic E-state index is -2.30. The van der Waals surface area contributed by atoms with Gasteiger partial charge in [0, 0.05) is 0 Å². The van der Waals surface area contributed by atoms with E-state index in [0.717, 1.165) is 0 Å². The molecule has 0 bridgehead atoms. The van der Waals surface area contributed by atoms with Crippen molar-refractivity contribution in [3.8, 4) is 0 Å². The van der Waals surface area contributed by atoms with Crippen LogP contribution >= 0.6 is 16.7 Å². The number of nitrogens with one attached hydrogen (secondary N) is 1. The van der Waals surface area contributed by atoms with E-state index < -0.39 is 20.3 Å². The van der Waals surface area contributed by atoms with Crippen LogP contribution in [-0.4, -0.2) is 12.2 Å². The smallest absolute Gasteiger partial charge is 0.459 e. The molecule has 0 aliphatic rings. The SMILES string of the molecule is N.N.NC(=O)OCc1ccc(COC(=O)N[P+](N)=O)o1.NP=O. The van der Waals surface area contributed by atoms with Gasteiger partial charge >= 0.3 is 20.3 Å². The summed E-state index contributed by atoms with van der Waals surface area (Å²) in [5.41, 5.74) is 13.9. The summed E-state index contributed by atoms with van der Waals surface area (Å²) >= 11 is 0. The van der Waals surface area contributed by atoms with E-state index in [4.69, 9.17) is 20.2 Å². The third-order valence-electron chi connectivity index (χ3n) is 1.62. The standard InChI is InChI=1S/C8H10N3O6P.H2NOP.2H3N/c9-7(12)15-3-5-1-2-6(17-5)4-16-8(13)11-18(10)14;1-3-2;;/h1-2H,3-4H2,(H4-,9,10,11,12,13,14);(H2,1,2);2*1H3/p+1. The van der Waals surface area contributed by atoms with Crippen LogP contribution in [0.5, 0.6) is 0 Å². The van der Waals surface area contributed by atoms with Crippen molar-refractivity contribution in [3.05, 3.63) is 23.7 Å². The molecule has 0 aromatic carbocycles. The molecule has 1 rings (SSSR count). The minimum absolute atomic E-state index is 0. The molecular formula is C8H19N6O7P2+. The molecule has 0 saturated heterocycles. The monoisotopic (exact) mass is 373 g/mol. The Bertz CT molecular complexity index is 511. The summed E-state index contributed by atoms with van der Waals surface area (Å²) in [7, 11) is -2.64. The van der Waals surface area contributed by atoms with E-state index in [9.17, 15) is 14.2 Å². The average Bonchev–Trinajstić information content (AvgIpc) is 2.82. The van der Waals surface area contributed by atoms with E-state index in [0.29, 0.717) is 11.5 Å². The number of furan rings is 1. The Kier molecular flexibility index (Phi) is 16.6. The van der Waals surface area contributed by atoms with Gasteiger partial charge in [-0.05, 0) is 16.7 Å². The second kappa shape index (κ2) is 14.8. The van der Waals surface area contributed by atoms with E-state index in [1.165, 1.54) is 12.1 Å². The van der Waals surface area contributed by atoms with E-state index in [1.807, 2.05) is 5.09 Å². The van der Waals surface area contributed by atoms with Crippen molar-refractivity contribution < 1.29 is 32.6 Å². The second-order valence-corrected chi connectivity index (χ2v) is 4.18. The Morgan fingerprint density at radius 2 is 1.65 bits per heavy atom. The normalized spacial score (nSPS) is 9.22. The van der Waals surface area contributed by atoms with Crippen molar-refractivity contribution >= 4 is 28.9 Å². The largest absolute Gasteiger partial charge is 0.564 e. The Hall–Kier alpha value is -2.14. The van der Waals surface area contributed by atoms with Gasteiger partial charge in [-0.15, -0.1) is 0 Å². The zero-order valence-corrected chi connectivity index (χ0v) is 13.8. The van der Waals surface area contributed by atoms with E-state index >= 15 is 0 Å². The minimum Gasteiger partial charge on any atom is -0.459 e. The van der Waals surface area contributed by atoms with Crippen LogP contribution in [0.3, 0.4) is 0 Å². The van der Waals surface area contributed by atoms with Crippen LogP contribution in [0.4, 0.5) is 9.59 Å². The summed E-state index contributed by atoms with van der Waals surface area (Å²) in [4.78, 5) is 21.3. The molecule has 0 saturated carbocycles. The summed E-state index contributed by atoms with van der Waals surface area (Å²) in [6.45, 7) is -0.290. The molecule has 1 aromatic heterocycles. The molecule has 15 heteroatoms.